The van der Waals surface area contributed by atoms with Crippen molar-refractivity contribution in [2.75, 3.05) is 13.7 Å². The molecule has 0 spiro atoms. The Labute approximate surface area is 92.6 Å². The SMILES string of the molecule is CCNC(C)c1ccc(C)c(C)c1OC. The molecule has 2 nitrogen and oxygen atoms in total. The molecule has 0 amide bonds. The summed E-state index contributed by atoms with van der Waals surface area (Å²) in [7, 11) is 1.74. The Balaban J connectivity index is 3.12. The maximum absolute atomic E-state index is 5.48. The first-order chi connectivity index (χ1) is 7.11. The summed E-state index contributed by atoms with van der Waals surface area (Å²) in [6.45, 7) is 9.47. The van der Waals surface area contributed by atoms with Crippen LogP contribution in [0.25, 0.3) is 0 Å². The number of methoxy groups -OCH3 is 1. The molecule has 0 radical (unpaired) electrons. The van der Waals surface area contributed by atoms with Crippen LogP contribution in [0.2, 0.25) is 0 Å². The normalized spacial score (nSPS) is 12.6. The van der Waals surface area contributed by atoms with Crippen LogP contribution in [0.5, 0.6) is 5.75 Å². The number of nitrogens with one attached hydrogen (secondary N) is 1. The minimum atomic E-state index is 0.337. The van der Waals surface area contributed by atoms with Gasteiger partial charge in [-0.1, -0.05) is 19.1 Å². The molecule has 0 aliphatic rings. The molecular formula is C13H21NO. The van der Waals surface area contributed by atoms with E-state index in [2.05, 4.69) is 45.1 Å². The number of hydrogen-bond donors (Lipinski definition) is 1. The largest absolute Gasteiger partial charge is 0.496 e. The minimum Gasteiger partial charge on any atom is -0.496 e. The van der Waals surface area contributed by atoms with Gasteiger partial charge in [-0.15, -0.1) is 0 Å². The number of rotatable bonds is 4. The summed E-state index contributed by atoms with van der Waals surface area (Å²) in [6.07, 6.45) is 0. The second-order valence-electron chi connectivity index (χ2n) is 3.91. The standard InChI is InChI=1S/C13H21NO/c1-6-14-11(4)12-8-7-9(2)10(3)13(12)15-5/h7-8,11,14H,6H2,1-5H3. The van der Waals surface area contributed by atoms with Gasteiger partial charge in [-0.25, -0.2) is 0 Å². The van der Waals surface area contributed by atoms with Crippen LogP contribution in [0.4, 0.5) is 0 Å². The maximum atomic E-state index is 5.48. The van der Waals surface area contributed by atoms with Crippen molar-refractivity contribution in [2.45, 2.75) is 33.7 Å². The second kappa shape index (κ2) is 5.17. The number of benzene rings is 1. The van der Waals surface area contributed by atoms with Crippen molar-refractivity contribution in [1.82, 2.24) is 5.32 Å². The van der Waals surface area contributed by atoms with E-state index in [1.54, 1.807) is 7.11 Å². The summed E-state index contributed by atoms with van der Waals surface area (Å²) < 4.78 is 5.48. The minimum absolute atomic E-state index is 0.337. The molecule has 1 atom stereocenters. The molecule has 2 heteroatoms. The third-order valence-electron chi connectivity index (χ3n) is 2.89. The van der Waals surface area contributed by atoms with E-state index >= 15 is 0 Å². The van der Waals surface area contributed by atoms with Crippen LogP contribution >= 0.6 is 0 Å². The monoisotopic (exact) mass is 207 g/mol. The van der Waals surface area contributed by atoms with Gasteiger partial charge in [-0.05, 0) is 38.4 Å². The topological polar surface area (TPSA) is 21.3 Å². The molecule has 0 saturated heterocycles. The van der Waals surface area contributed by atoms with Gasteiger partial charge >= 0.3 is 0 Å². The molecule has 1 rings (SSSR count). The van der Waals surface area contributed by atoms with E-state index in [4.69, 9.17) is 4.74 Å². The summed E-state index contributed by atoms with van der Waals surface area (Å²) in [5.74, 6) is 1.02. The predicted octanol–water partition coefficient (Wildman–Crippen LogP) is 2.98. The highest BCUT2D eigenvalue weighted by Crippen LogP contribution is 2.30. The van der Waals surface area contributed by atoms with Crippen LogP contribution in [0, 0.1) is 13.8 Å². The average Bonchev–Trinajstić information content (AvgIpc) is 2.22. The first-order valence-corrected chi connectivity index (χ1v) is 5.49. The third kappa shape index (κ3) is 2.51. The number of hydrogen-bond acceptors (Lipinski definition) is 2. The lowest BCUT2D eigenvalue weighted by Crippen LogP contribution is -2.18. The van der Waals surface area contributed by atoms with E-state index in [0.717, 1.165) is 12.3 Å². The molecule has 0 aromatic heterocycles. The van der Waals surface area contributed by atoms with Gasteiger partial charge in [0.1, 0.15) is 5.75 Å². The Kier molecular flexibility index (Phi) is 4.15. The molecule has 0 heterocycles. The molecule has 1 N–H and O–H groups in total. The van der Waals surface area contributed by atoms with E-state index in [-0.39, 0.29) is 0 Å². The summed E-state index contributed by atoms with van der Waals surface area (Å²) in [5.41, 5.74) is 3.75. The molecule has 0 aliphatic heterocycles. The fraction of sp³-hybridized carbons (Fsp3) is 0.538. The highest BCUT2D eigenvalue weighted by atomic mass is 16.5. The highest BCUT2D eigenvalue weighted by Gasteiger charge is 2.13. The van der Waals surface area contributed by atoms with Gasteiger partial charge in [0.2, 0.25) is 0 Å². The molecule has 15 heavy (non-hydrogen) atoms. The molecular weight excluding hydrogens is 186 g/mol. The summed E-state index contributed by atoms with van der Waals surface area (Å²) in [6, 6.07) is 4.64. The Hall–Kier alpha value is -1.02. The zero-order valence-corrected chi connectivity index (χ0v) is 10.3. The van der Waals surface area contributed by atoms with E-state index in [1.807, 2.05) is 0 Å². The average molecular weight is 207 g/mol. The fourth-order valence-electron chi connectivity index (χ4n) is 1.84. The van der Waals surface area contributed by atoms with E-state index in [9.17, 15) is 0 Å². The summed E-state index contributed by atoms with van der Waals surface area (Å²) in [5, 5.41) is 3.40. The van der Waals surface area contributed by atoms with Crippen LogP contribution in [0.3, 0.4) is 0 Å². The van der Waals surface area contributed by atoms with Crippen molar-refractivity contribution < 1.29 is 4.74 Å². The van der Waals surface area contributed by atoms with Gasteiger partial charge in [0.15, 0.2) is 0 Å². The molecule has 0 bridgehead atoms. The van der Waals surface area contributed by atoms with Crippen molar-refractivity contribution >= 4 is 0 Å². The van der Waals surface area contributed by atoms with E-state index in [0.29, 0.717) is 6.04 Å². The highest BCUT2D eigenvalue weighted by molar-refractivity contribution is 5.46. The molecule has 84 valence electrons. The van der Waals surface area contributed by atoms with Gasteiger partial charge in [0.05, 0.1) is 7.11 Å². The number of ether oxygens (including phenoxy) is 1. The van der Waals surface area contributed by atoms with Crippen LogP contribution in [0.1, 0.15) is 36.6 Å². The first kappa shape index (κ1) is 12.1. The molecule has 0 fully saturated rings. The van der Waals surface area contributed by atoms with Gasteiger partial charge in [0.25, 0.3) is 0 Å². The van der Waals surface area contributed by atoms with Crippen molar-refractivity contribution in [3.8, 4) is 5.75 Å². The molecule has 1 aromatic rings. The Bertz CT molecular complexity index is 334. The zero-order chi connectivity index (χ0) is 11.4. The van der Waals surface area contributed by atoms with E-state index < -0.39 is 0 Å². The maximum Gasteiger partial charge on any atom is 0.126 e. The first-order valence-electron chi connectivity index (χ1n) is 5.49. The zero-order valence-electron chi connectivity index (χ0n) is 10.3. The lowest BCUT2D eigenvalue weighted by atomic mass is 10.00. The van der Waals surface area contributed by atoms with Crippen molar-refractivity contribution in [3.63, 3.8) is 0 Å². The van der Waals surface area contributed by atoms with Crippen LogP contribution in [-0.2, 0) is 0 Å². The Morgan fingerprint density at radius 1 is 1.33 bits per heavy atom. The van der Waals surface area contributed by atoms with Crippen LogP contribution in [-0.4, -0.2) is 13.7 Å². The van der Waals surface area contributed by atoms with Crippen molar-refractivity contribution in [1.29, 1.82) is 0 Å². The Morgan fingerprint density at radius 3 is 2.53 bits per heavy atom. The van der Waals surface area contributed by atoms with Crippen LogP contribution in [0.15, 0.2) is 12.1 Å². The predicted molar refractivity (Wildman–Crippen MR) is 64.6 cm³/mol. The van der Waals surface area contributed by atoms with Crippen molar-refractivity contribution in [3.05, 3.63) is 28.8 Å². The molecule has 0 saturated carbocycles. The summed E-state index contributed by atoms with van der Waals surface area (Å²) >= 11 is 0. The van der Waals surface area contributed by atoms with E-state index in [1.165, 1.54) is 16.7 Å². The molecule has 1 unspecified atom stereocenters. The lowest BCUT2D eigenvalue weighted by Gasteiger charge is -2.19. The second-order valence-corrected chi connectivity index (χ2v) is 3.91. The number of aryl methyl sites for hydroxylation is 1. The van der Waals surface area contributed by atoms with Gasteiger partial charge in [0, 0.05) is 11.6 Å². The fourth-order valence-corrected chi connectivity index (χ4v) is 1.84. The smallest absolute Gasteiger partial charge is 0.126 e. The van der Waals surface area contributed by atoms with Crippen LogP contribution < -0.4 is 10.1 Å². The molecule has 1 aromatic carbocycles. The lowest BCUT2D eigenvalue weighted by molar-refractivity contribution is 0.399. The third-order valence-corrected chi connectivity index (χ3v) is 2.89. The van der Waals surface area contributed by atoms with Gasteiger partial charge in [-0.3, -0.25) is 0 Å². The van der Waals surface area contributed by atoms with Crippen molar-refractivity contribution in [2.24, 2.45) is 0 Å². The van der Waals surface area contributed by atoms with Gasteiger partial charge < -0.3 is 10.1 Å². The Morgan fingerprint density at radius 2 is 2.00 bits per heavy atom. The van der Waals surface area contributed by atoms with Gasteiger partial charge in [-0.2, -0.15) is 0 Å². The summed E-state index contributed by atoms with van der Waals surface area (Å²) in [4.78, 5) is 0. The molecule has 0 aliphatic carbocycles. The quantitative estimate of drug-likeness (QED) is 0.819.